The number of carbonyl (C=O) groups is 1. The molecule has 0 heterocycles. The Morgan fingerprint density at radius 1 is 1.11 bits per heavy atom. The lowest BCUT2D eigenvalue weighted by atomic mass is 10.0. The van der Waals surface area contributed by atoms with Gasteiger partial charge in [-0.3, -0.25) is 0 Å². The van der Waals surface area contributed by atoms with Crippen molar-refractivity contribution in [2.75, 3.05) is 6.61 Å². The lowest BCUT2D eigenvalue weighted by Gasteiger charge is -2.06. The van der Waals surface area contributed by atoms with Crippen LogP contribution in [0.3, 0.4) is 0 Å². The van der Waals surface area contributed by atoms with Crippen molar-refractivity contribution in [1.29, 1.82) is 0 Å². The molecule has 0 aliphatic carbocycles. The Morgan fingerprint density at radius 2 is 1.83 bits per heavy atom. The number of carbonyl (C=O) groups excluding carboxylic acids is 1. The summed E-state index contributed by atoms with van der Waals surface area (Å²) < 4.78 is 4.93. The third-order valence-corrected chi connectivity index (χ3v) is 2.88. The van der Waals surface area contributed by atoms with Gasteiger partial charge in [0, 0.05) is 0 Å². The average molecular weight is 261 g/mol. The molecule has 0 spiro atoms. The molecule has 0 aliphatic rings. The number of benzene rings is 2. The highest BCUT2D eigenvalue weighted by Crippen LogP contribution is 2.25. The largest absolute Gasteiger partial charge is 0.462 e. The molecule has 0 aromatic heterocycles. The molecule has 0 saturated carbocycles. The summed E-state index contributed by atoms with van der Waals surface area (Å²) in [6, 6.07) is 15.2. The van der Waals surface area contributed by atoms with Crippen LogP contribution in [0.2, 0.25) is 5.02 Å². The normalized spacial score (nSPS) is 10.1. The molecule has 0 atom stereocenters. The van der Waals surface area contributed by atoms with E-state index in [1.807, 2.05) is 36.4 Å². The van der Waals surface area contributed by atoms with Crippen LogP contribution in [0.5, 0.6) is 0 Å². The van der Waals surface area contributed by atoms with Gasteiger partial charge >= 0.3 is 5.97 Å². The maximum Gasteiger partial charge on any atom is 0.339 e. The quantitative estimate of drug-likeness (QED) is 0.774. The number of rotatable bonds is 3. The van der Waals surface area contributed by atoms with E-state index < -0.39 is 0 Å². The second-order valence-corrected chi connectivity index (χ2v) is 4.19. The van der Waals surface area contributed by atoms with E-state index in [9.17, 15) is 4.79 Å². The van der Waals surface area contributed by atoms with E-state index in [2.05, 4.69) is 0 Å². The SMILES string of the molecule is CCOC(=O)c1ccc(-c2ccccc2)cc1Cl. The van der Waals surface area contributed by atoms with Crippen LogP contribution in [-0.2, 0) is 4.74 Å². The van der Waals surface area contributed by atoms with E-state index in [-0.39, 0.29) is 5.97 Å². The van der Waals surface area contributed by atoms with E-state index in [0.29, 0.717) is 17.2 Å². The van der Waals surface area contributed by atoms with Crippen LogP contribution in [0.4, 0.5) is 0 Å². The van der Waals surface area contributed by atoms with Gasteiger partial charge in [0.25, 0.3) is 0 Å². The molecule has 0 bridgehead atoms. The minimum atomic E-state index is -0.387. The fraction of sp³-hybridized carbons (Fsp3) is 0.133. The molecular formula is C15H13ClO2. The summed E-state index contributed by atoms with van der Waals surface area (Å²) in [5, 5.41) is 0.412. The van der Waals surface area contributed by atoms with Crippen LogP contribution in [0.1, 0.15) is 17.3 Å². The van der Waals surface area contributed by atoms with E-state index >= 15 is 0 Å². The standard InChI is InChI=1S/C15H13ClO2/c1-2-18-15(17)13-9-8-12(10-14(13)16)11-6-4-3-5-7-11/h3-10H,2H2,1H3. The maximum absolute atomic E-state index is 11.6. The van der Waals surface area contributed by atoms with Crippen LogP contribution in [-0.4, -0.2) is 12.6 Å². The van der Waals surface area contributed by atoms with Gasteiger partial charge in [0.15, 0.2) is 0 Å². The van der Waals surface area contributed by atoms with Gasteiger partial charge in [0.1, 0.15) is 0 Å². The Kier molecular flexibility index (Phi) is 4.00. The first kappa shape index (κ1) is 12.7. The third-order valence-electron chi connectivity index (χ3n) is 2.57. The highest BCUT2D eigenvalue weighted by Gasteiger charge is 2.11. The Balaban J connectivity index is 2.34. The first-order valence-corrected chi connectivity index (χ1v) is 6.12. The fourth-order valence-corrected chi connectivity index (χ4v) is 1.96. The lowest BCUT2D eigenvalue weighted by molar-refractivity contribution is 0.0526. The van der Waals surface area contributed by atoms with Crippen LogP contribution < -0.4 is 0 Å². The summed E-state index contributed by atoms with van der Waals surface area (Å²) in [4.78, 5) is 11.6. The van der Waals surface area contributed by atoms with Crippen molar-refractivity contribution in [3.05, 3.63) is 59.1 Å². The second-order valence-electron chi connectivity index (χ2n) is 3.78. The van der Waals surface area contributed by atoms with Gasteiger partial charge in [-0.2, -0.15) is 0 Å². The highest BCUT2D eigenvalue weighted by atomic mass is 35.5. The minimum Gasteiger partial charge on any atom is -0.462 e. The van der Waals surface area contributed by atoms with Crippen molar-refractivity contribution in [3.63, 3.8) is 0 Å². The zero-order valence-corrected chi connectivity index (χ0v) is 10.8. The average Bonchev–Trinajstić information content (AvgIpc) is 2.40. The number of halogens is 1. The van der Waals surface area contributed by atoms with Crippen molar-refractivity contribution in [2.24, 2.45) is 0 Å². The van der Waals surface area contributed by atoms with Crippen molar-refractivity contribution < 1.29 is 9.53 Å². The lowest BCUT2D eigenvalue weighted by Crippen LogP contribution is -2.05. The monoisotopic (exact) mass is 260 g/mol. The van der Waals surface area contributed by atoms with Crippen LogP contribution in [0.15, 0.2) is 48.5 Å². The van der Waals surface area contributed by atoms with Crippen LogP contribution in [0, 0.1) is 0 Å². The summed E-state index contributed by atoms with van der Waals surface area (Å²) in [5.74, 6) is -0.387. The molecule has 0 aliphatic heterocycles. The van der Waals surface area contributed by atoms with Gasteiger partial charge in [-0.15, -0.1) is 0 Å². The van der Waals surface area contributed by atoms with Crippen molar-refractivity contribution in [2.45, 2.75) is 6.92 Å². The summed E-state index contributed by atoms with van der Waals surface area (Å²) in [6.07, 6.45) is 0. The molecular weight excluding hydrogens is 248 g/mol. The first-order chi connectivity index (χ1) is 8.72. The van der Waals surface area contributed by atoms with Gasteiger partial charge in [0.2, 0.25) is 0 Å². The fourth-order valence-electron chi connectivity index (χ4n) is 1.70. The summed E-state index contributed by atoms with van der Waals surface area (Å²) in [5.41, 5.74) is 2.45. The third kappa shape index (κ3) is 2.71. The first-order valence-electron chi connectivity index (χ1n) is 5.74. The van der Waals surface area contributed by atoms with Gasteiger partial charge in [-0.25, -0.2) is 4.79 Å². The summed E-state index contributed by atoms with van der Waals surface area (Å²) >= 11 is 6.11. The van der Waals surface area contributed by atoms with Crippen LogP contribution in [0.25, 0.3) is 11.1 Å². The number of ether oxygens (including phenoxy) is 1. The molecule has 2 nitrogen and oxygen atoms in total. The zero-order valence-electron chi connectivity index (χ0n) is 10.0. The molecule has 3 heteroatoms. The van der Waals surface area contributed by atoms with E-state index in [0.717, 1.165) is 11.1 Å². The Morgan fingerprint density at radius 3 is 2.44 bits per heavy atom. The predicted octanol–water partition coefficient (Wildman–Crippen LogP) is 4.18. The molecule has 0 fully saturated rings. The topological polar surface area (TPSA) is 26.3 Å². The minimum absolute atomic E-state index is 0.343. The number of hydrogen-bond donors (Lipinski definition) is 0. The van der Waals surface area contributed by atoms with E-state index in [1.165, 1.54) is 0 Å². The van der Waals surface area contributed by atoms with Crippen molar-refractivity contribution in [3.8, 4) is 11.1 Å². The van der Waals surface area contributed by atoms with E-state index in [1.54, 1.807) is 19.1 Å². The summed E-state index contributed by atoms with van der Waals surface area (Å²) in [7, 11) is 0. The number of esters is 1. The second kappa shape index (κ2) is 5.69. The maximum atomic E-state index is 11.6. The number of hydrogen-bond acceptors (Lipinski definition) is 2. The molecule has 0 N–H and O–H groups in total. The zero-order chi connectivity index (χ0) is 13.0. The molecule has 2 aromatic carbocycles. The van der Waals surface area contributed by atoms with Crippen LogP contribution >= 0.6 is 11.6 Å². The molecule has 0 unspecified atom stereocenters. The van der Waals surface area contributed by atoms with E-state index in [4.69, 9.17) is 16.3 Å². The molecule has 0 amide bonds. The van der Waals surface area contributed by atoms with Gasteiger partial charge in [-0.05, 0) is 30.2 Å². The molecule has 0 saturated heterocycles. The summed E-state index contributed by atoms with van der Waals surface area (Å²) in [6.45, 7) is 2.11. The molecule has 92 valence electrons. The molecule has 2 aromatic rings. The van der Waals surface area contributed by atoms with Gasteiger partial charge < -0.3 is 4.74 Å². The van der Waals surface area contributed by atoms with Gasteiger partial charge in [0.05, 0.1) is 17.2 Å². The molecule has 0 radical (unpaired) electrons. The smallest absolute Gasteiger partial charge is 0.339 e. The van der Waals surface area contributed by atoms with Crippen molar-refractivity contribution in [1.82, 2.24) is 0 Å². The predicted molar refractivity (Wildman–Crippen MR) is 72.8 cm³/mol. The molecule has 2 rings (SSSR count). The van der Waals surface area contributed by atoms with Crippen molar-refractivity contribution >= 4 is 17.6 Å². The Bertz CT molecular complexity index is 550. The Labute approximate surface area is 111 Å². The molecule has 18 heavy (non-hydrogen) atoms. The Hall–Kier alpha value is -1.80. The highest BCUT2D eigenvalue weighted by molar-refractivity contribution is 6.33. The van der Waals surface area contributed by atoms with Gasteiger partial charge in [-0.1, -0.05) is 48.0 Å².